The number of sulfonamides is 1. The lowest BCUT2D eigenvalue weighted by Crippen LogP contribution is -2.28. The number of furan rings is 1. The van der Waals surface area contributed by atoms with Crippen LogP contribution in [0.2, 0.25) is 0 Å². The van der Waals surface area contributed by atoms with Gasteiger partial charge in [-0.2, -0.15) is 5.48 Å². The van der Waals surface area contributed by atoms with E-state index in [1.54, 1.807) is 6.07 Å². The molecule has 98 valence electrons. The maximum absolute atomic E-state index is 11.4. The van der Waals surface area contributed by atoms with Gasteiger partial charge >= 0.3 is 0 Å². The van der Waals surface area contributed by atoms with E-state index in [1.807, 2.05) is 20.8 Å². The Balaban J connectivity index is 2.58. The van der Waals surface area contributed by atoms with Crippen LogP contribution in [0.15, 0.2) is 21.6 Å². The molecule has 17 heavy (non-hydrogen) atoms. The Morgan fingerprint density at radius 1 is 1.35 bits per heavy atom. The quantitative estimate of drug-likeness (QED) is 0.774. The molecule has 1 aromatic rings. The summed E-state index contributed by atoms with van der Waals surface area (Å²) in [6, 6.07) is 2.99. The highest BCUT2D eigenvalue weighted by Crippen LogP contribution is 2.13. The van der Waals surface area contributed by atoms with Crippen LogP contribution in [0.4, 0.5) is 0 Å². The zero-order chi connectivity index (χ0) is 13.1. The summed E-state index contributed by atoms with van der Waals surface area (Å²) in [4.78, 5) is 5.28. The third-order valence-electron chi connectivity index (χ3n) is 1.80. The summed E-state index contributed by atoms with van der Waals surface area (Å²) in [5.41, 5.74) is 2.40. The van der Waals surface area contributed by atoms with E-state index in [-0.39, 0.29) is 10.7 Å². The molecule has 0 aromatic carbocycles. The molecule has 0 saturated carbocycles. The predicted octanol–water partition coefficient (Wildman–Crippen LogP) is 1.01. The van der Waals surface area contributed by atoms with Crippen molar-refractivity contribution in [3.05, 3.63) is 17.9 Å². The lowest BCUT2D eigenvalue weighted by Gasteiger charge is -2.18. The standard InChI is InChI=1S/C10H18N2O4S/c1-10(2,3)16-12-7-8-5-6-9(15-8)17(13,14)11-4/h5-6,11-12H,7H2,1-4H3. The molecule has 0 spiro atoms. The lowest BCUT2D eigenvalue weighted by molar-refractivity contribution is -0.0777. The molecule has 0 aliphatic rings. The molecule has 0 saturated heterocycles. The molecule has 1 heterocycles. The van der Waals surface area contributed by atoms with Gasteiger partial charge in [0.1, 0.15) is 5.76 Å². The molecule has 0 aliphatic carbocycles. The first kappa shape index (κ1) is 14.2. The first-order chi connectivity index (χ1) is 7.74. The van der Waals surface area contributed by atoms with Gasteiger partial charge in [0.15, 0.2) is 0 Å². The summed E-state index contributed by atoms with van der Waals surface area (Å²) in [5, 5.41) is -0.104. The van der Waals surface area contributed by atoms with E-state index >= 15 is 0 Å². The fraction of sp³-hybridized carbons (Fsp3) is 0.600. The van der Waals surface area contributed by atoms with Crippen molar-refractivity contribution < 1.29 is 17.7 Å². The minimum atomic E-state index is -3.52. The van der Waals surface area contributed by atoms with Crippen molar-refractivity contribution >= 4 is 10.0 Å². The molecule has 1 rings (SSSR count). The van der Waals surface area contributed by atoms with Crippen molar-refractivity contribution in [2.24, 2.45) is 0 Å². The molecular weight excluding hydrogens is 244 g/mol. The van der Waals surface area contributed by atoms with Crippen molar-refractivity contribution in [3.63, 3.8) is 0 Å². The number of hydroxylamine groups is 1. The van der Waals surface area contributed by atoms with Gasteiger partial charge in [-0.05, 0) is 40.0 Å². The molecular formula is C10H18N2O4S. The van der Waals surface area contributed by atoms with Gasteiger partial charge in [0.2, 0.25) is 5.09 Å². The zero-order valence-corrected chi connectivity index (χ0v) is 11.2. The fourth-order valence-electron chi connectivity index (χ4n) is 1.02. The summed E-state index contributed by atoms with van der Waals surface area (Å²) < 4.78 is 30.1. The fourth-order valence-corrected chi connectivity index (χ4v) is 1.69. The van der Waals surface area contributed by atoms with E-state index < -0.39 is 10.0 Å². The Hall–Kier alpha value is -0.890. The van der Waals surface area contributed by atoms with Crippen LogP contribution in [0, 0.1) is 0 Å². The SMILES string of the molecule is CNS(=O)(=O)c1ccc(CNOC(C)(C)C)o1. The summed E-state index contributed by atoms with van der Waals surface area (Å²) in [6.07, 6.45) is 0. The highest BCUT2D eigenvalue weighted by molar-refractivity contribution is 7.89. The third kappa shape index (κ3) is 4.47. The van der Waals surface area contributed by atoms with Crippen LogP contribution < -0.4 is 10.2 Å². The van der Waals surface area contributed by atoms with Gasteiger partial charge in [-0.15, -0.1) is 0 Å². The molecule has 2 N–H and O–H groups in total. The molecule has 7 heteroatoms. The lowest BCUT2D eigenvalue weighted by atomic mass is 10.2. The maximum atomic E-state index is 11.4. The minimum absolute atomic E-state index is 0.104. The maximum Gasteiger partial charge on any atom is 0.273 e. The van der Waals surface area contributed by atoms with Crippen molar-refractivity contribution in [2.45, 2.75) is 38.0 Å². The van der Waals surface area contributed by atoms with E-state index in [0.29, 0.717) is 12.3 Å². The molecule has 0 unspecified atom stereocenters. The monoisotopic (exact) mass is 262 g/mol. The smallest absolute Gasteiger partial charge is 0.273 e. The van der Waals surface area contributed by atoms with E-state index in [0.717, 1.165) is 0 Å². The van der Waals surface area contributed by atoms with Crippen LogP contribution in [0.1, 0.15) is 26.5 Å². The van der Waals surface area contributed by atoms with E-state index in [2.05, 4.69) is 10.2 Å². The third-order valence-corrected chi connectivity index (χ3v) is 3.08. The molecule has 0 aliphatic heterocycles. The summed E-state index contributed by atoms with van der Waals surface area (Å²) in [6.45, 7) is 6.01. The Labute approximate surface area is 101 Å². The van der Waals surface area contributed by atoms with Crippen molar-refractivity contribution in [3.8, 4) is 0 Å². The van der Waals surface area contributed by atoms with Gasteiger partial charge < -0.3 is 4.42 Å². The van der Waals surface area contributed by atoms with Crippen LogP contribution in [-0.4, -0.2) is 21.1 Å². The second-order valence-electron chi connectivity index (χ2n) is 4.46. The van der Waals surface area contributed by atoms with E-state index in [4.69, 9.17) is 9.25 Å². The number of hydrogen-bond donors (Lipinski definition) is 2. The van der Waals surface area contributed by atoms with Crippen molar-refractivity contribution in [1.82, 2.24) is 10.2 Å². The molecule has 0 atom stereocenters. The number of rotatable bonds is 5. The number of hydrogen-bond acceptors (Lipinski definition) is 5. The Bertz CT molecular complexity index is 459. The zero-order valence-electron chi connectivity index (χ0n) is 10.4. The van der Waals surface area contributed by atoms with Crippen molar-refractivity contribution in [1.29, 1.82) is 0 Å². The molecule has 0 fully saturated rings. The summed E-state index contributed by atoms with van der Waals surface area (Å²) in [5.74, 6) is 0.489. The second-order valence-corrected chi connectivity index (χ2v) is 6.28. The van der Waals surface area contributed by atoms with E-state index in [1.165, 1.54) is 13.1 Å². The van der Waals surface area contributed by atoms with Gasteiger partial charge in [-0.25, -0.2) is 13.1 Å². The molecule has 0 radical (unpaired) electrons. The molecule has 6 nitrogen and oxygen atoms in total. The second kappa shape index (κ2) is 5.18. The Morgan fingerprint density at radius 2 is 2.00 bits per heavy atom. The largest absolute Gasteiger partial charge is 0.447 e. The molecule has 0 bridgehead atoms. The Kier molecular flexibility index (Phi) is 4.31. The first-order valence-corrected chi connectivity index (χ1v) is 6.66. The van der Waals surface area contributed by atoms with Crippen LogP contribution in [0.25, 0.3) is 0 Å². The highest BCUT2D eigenvalue weighted by atomic mass is 32.2. The van der Waals surface area contributed by atoms with Gasteiger partial charge in [0, 0.05) is 0 Å². The van der Waals surface area contributed by atoms with E-state index in [9.17, 15) is 8.42 Å². The van der Waals surface area contributed by atoms with Gasteiger partial charge in [0.25, 0.3) is 10.0 Å². The molecule has 1 aromatic heterocycles. The van der Waals surface area contributed by atoms with Gasteiger partial charge in [-0.1, -0.05) is 0 Å². The Morgan fingerprint density at radius 3 is 2.53 bits per heavy atom. The van der Waals surface area contributed by atoms with Gasteiger partial charge in [0.05, 0.1) is 12.1 Å². The normalized spacial score (nSPS) is 12.9. The first-order valence-electron chi connectivity index (χ1n) is 5.18. The van der Waals surface area contributed by atoms with Crippen LogP contribution >= 0.6 is 0 Å². The van der Waals surface area contributed by atoms with Gasteiger partial charge in [-0.3, -0.25) is 4.84 Å². The van der Waals surface area contributed by atoms with Crippen molar-refractivity contribution in [2.75, 3.05) is 7.05 Å². The molecule has 0 amide bonds. The van der Waals surface area contributed by atoms with Crippen LogP contribution in [0.3, 0.4) is 0 Å². The minimum Gasteiger partial charge on any atom is -0.447 e. The average molecular weight is 262 g/mol. The summed E-state index contributed by atoms with van der Waals surface area (Å²) in [7, 11) is -2.18. The summed E-state index contributed by atoms with van der Waals surface area (Å²) >= 11 is 0. The number of nitrogens with one attached hydrogen (secondary N) is 2. The predicted molar refractivity (Wildman–Crippen MR) is 62.6 cm³/mol. The average Bonchev–Trinajstić information content (AvgIpc) is 2.65. The highest BCUT2D eigenvalue weighted by Gasteiger charge is 2.16. The topological polar surface area (TPSA) is 80.6 Å². The van der Waals surface area contributed by atoms with Crippen LogP contribution in [0.5, 0.6) is 0 Å². The van der Waals surface area contributed by atoms with Crippen LogP contribution in [-0.2, 0) is 21.4 Å².